The average molecular weight is 451 g/mol. The summed E-state index contributed by atoms with van der Waals surface area (Å²) in [5, 5.41) is 3.18. The highest BCUT2D eigenvalue weighted by molar-refractivity contribution is 5.88. The van der Waals surface area contributed by atoms with Crippen molar-refractivity contribution in [1.29, 1.82) is 0 Å². The van der Waals surface area contributed by atoms with Crippen molar-refractivity contribution in [3.63, 3.8) is 0 Å². The van der Waals surface area contributed by atoms with Gasteiger partial charge in [-0.2, -0.15) is 0 Å². The Morgan fingerprint density at radius 3 is 2.45 bits per heavy atom. The second-order valence-electron chi connectivity index (χ2n) is 9.51. The van der Waals surface area contributed by atoms with Crippen molar-refractivity contribution in [2.75, 3.05) is 6.61 Å². The molecule has 5 nitrogen and oxygen atoms in total. The quantitative estimate of drug-likeness (QED) is 0.559. The minimum absolute atomic E-state index is 0.0921. The molecule has 33 heavy (non-hydrogen) atoms. The molecular weight excluding hydrogens is 412 g/mol. The van der Waals surface area contributed by atoms with Gasteiger partial charge in [-0.1, -0.05) is 81.1 Å². The summed E-state index contributed by atoms with van der Waals surface area (Å²) in [6.07, 6.45) is 5.55. The van der Waals surface area contributed by atoms with Gasteiger partial charge in [0.1, 0.15) is 11.8 Å². The molecule has 0 unspecified atom stereocenters. The zero-order valence-electron chi connectivity index (χ0n) is 20.5. The normalized spacial score (nSPS) is 15.2. The number of carbonyl (C=O) groups is 2. The van der Waals surface area contributed by atoms with E-state index in [2.05, 4.69) is 25.2 Å². The molecule has 0 saturated heterocycles. The van der Waals surface area contributed by atoms with Crippen LogP contribution >= 0.6 is 0 Å². The van der Waals surface area contributed by atoms with Crippen molar-refractivity contribution >= 4 is 11.8 Å². The Bertz CT molecular complexity index is 934. The van der Waals surface area contributed by atoms with E-state index in [1.807, 2.05) is 56.3 Å². The maximum Gasteiger partial charge on any atom is 0.261 e. The molecule has 0 heterocycles. The fourth-order valence-electron chi connectivity index (χ4n) is 4.47. The summed E-state index contributed by atoms with van der Waals surface area (Å²) in [5.41, 5.74) is 3.20. The predicted octanol–water partition coefficient (Wildman–Crippen LogP) is 5.36. The molecule has 0 bridgehead atoms. The molecule has 0 aromatic heterocycles. The van der Waals surface area contributed by atoms with Gasteiger partial charge in [-0.15, -0.1) is 0 Å². The number of nitrogens with one attached hydrogen (secondary N) is 1. The van der Waals surface area contributed by atoms with Crippen molar-refractivity contribution in [1.82, 2.24) is 10.2 Å². The molecule has 2 aromatic rings. The highest BCUT2D eigenvalue weighted by Gasteiger charge is 2.28. The van der Waals surface area contributed by atoms with Crippen LogP contribution in [0.15, 0.2) is 48.5 Å². The van der Waals surface area contributed by atoms with Crippen molar-refractivity contribution in [3.05, 3.63) is 65.2 Å². The van der Waals surface area contributed by atoms with E-state index in [9.17, 15) is 9.59 Å². The summed E-state index contributed by atoms with van der Waals surface area (Å²) in [7, 11) is 0. The van der Waals surface area contributed by atoms with E-state index in [1.165, 1.54) is 6.42 Å². The van der Waals surface area contributed by atoms with Gasteiger partial charge in [0.2, 0.25) is 5.91 Å². The Morgan fingerprint density at radius 1 is 1.03 bits per heavy atom. The molecule has 3 rings (SSSR count). The maximum atomic E-state index is 13.3. The first-order chi connectivity index (χ1) is 15.8. The van der Waals surface area contributed by atoms with Gasteiger partial charge < -0.3 is 15.0 Å². The number of hydrogen-bond donors (Lipinski definition) is 1. The first-order valence-corrected chi connectivity index (χ1v) is 12.2. The molecule has 1 atom stereocenters. The van der Waals surface area contributed by atoms with Crippen molar-refractivity contribution in [3.8, 4) is 5.75 Å². The van der Waals surface area contributed by atoms with E-state index in [0.29, 0.717) is 12.5 Å². The van der Waals surface area contributed by atoms with Gasteiger partial charge in [-0.25, -0.2) is 0 Å². The molecule has 1 aliphatic carbocycles. The smallest absolute Gasteiger partial charge is 0.261 e. The third-order valence-electron chi connectivity index (χ3n) is 6.45. The summed E-state index contributed by atoms with van der Waals surface area (Å²) in [6.45, 7) is 8.32. The van der Waals surface area contributed by atoms with Gasteiger partial charge in [0.15, 0.2) is 6.61 Å². The van der Waals surface area contributed by atoms with Gasteiger partial charge in [0.25, 0.3) is 5.91 Å². The molecular formula is C28H38N2O3. The van der Waals surface area contributed by atoms with Crippen molar-refractivity contribution in [2.24, 2.45) is 0 Å². The Labute approximate surface area is 198 Å². The molecule has 1 saturated carbocycles. The van der Waals surface area contributed by atoms with E-state index in [-0.39, 0.29) is 24.5 Å². The number of hydrogen-bond acceptors (Lipinski definition) is 3. The van der Waals surface area contributed by atoms with Crippen molar-refractivity contribution < 1.29 is 14.3 Å². The zero-order chi connectivity index (χ0) is 23.8. The highest BCUT2D eigenvalue weighted by atomic mass is 16.5. The Balaban J connectivity index is 1.74. The van der Waals surface area contributed by atoms with E-state index in [1.54, 1.807) is 4.90 Å². The second kappa shape index (κ2) is 11.9. The van der Waals surface area contributed by atoms with Crippen LogP contribution in [0.5, 0.6) is 5.75 Å². The maximum absolute atomic E-state index is 13.3. The summed E-state index contributed by atoms with van der Waals surface area (Å²) < 4.78 is 5.96. The molecule has 5 heteroatoms. The van der Waals surface area contributed by atoms with Crippen LogP contribution in [0.3, 0.4) is 0 Å². The molecule has 2 amide bonds. The molecule has 1 aliphatic rings. The van der Waals surface area contributed by atoms with Crippen LogP contribution in [0.25, 0.3) is 0 Å². The van der Waals surface area contributed by atoms with E-state index >= 15 is 0 Å². The van der Waals surface area contributed by atoms with Crippen LogP contribution in [0.1, 0.15) is 75.5 Å². The zero-order valence-corrected chi connectivity index (χ0v) is 20.5. The first kappa shape index (κ1) is 24.8. The van der Waals surface area contributed by atoms with Crippen LogP contribution in [-0.4, -0.2) is 35.4 Å². The number of aryl methyl sites for hydroxylation is 1. The predicted molar refractivity (Wildman–Crippen MR) is 132 cm³/mol. The molecule has 0 aliphatic heterocycles. The SMILES string of the molecule is Cc1cccc(CN(C(=O)COc2ccccc2C(C)C)[C@@H](C)C(=O)NC2CCCCC2)c1. The van der Waals surface area contributed by atoms with E-state index in [0.717, 1.165) is 48.1 Å². The first-order valence-electron chi connectivity index (χ1n) is 12.2. The lowest BCUT2D eigenvalue weighted by atomic mass is 9.95. The number of rotatable bonds is 9. The van der Waals surface area contributed by atoms with Crippen LogP contribution in [0, 0.1) is 6.92 Å². The second-order valence-corrected chi connectivity index (χ2v) is 9.51. The molecule has 2 aromatic carbocycles. The van der Waals surface area contributed by atoms with Gasteiger partial charge >= 0.3 is 0 Å². The number of benzene rings is 2. The molecule has 0 radical (unpaired) electrons. The van der Waals surface area contributed by atoms with Crippen LogP contribution in [-0.2, 0) is 16.1 Å². The fraction of sp³-hybridized carbons (Fsp3) is 0.500. The van der Waals surface area contributed by atoms with Crippen LogP contribution in [0.2, 0.25) is 0 Å². The Kier molecular flexibility index (Phi) is 8.93. The lowest BCUT2D eigenvalue weighted by Gasteiger charge is -2.31. The van der Waals surface area contributed by atoms with Crippen LogP contribution in [0.4, 0.5) is 0 Å². The number of amides is 2. The number of carbonyl (C=O) groups excluding carboxylic acids is 2. The fourth-order valence-corrected chi connectivity index (χ4v) is 4.47. The lowest BCUT2D eigenvalue weighted by molar-refractivity contribution is -0.142. The Hall–Kier alpha value is -2.82. The Morgan fingerprint density at radius 2 is 1.76 bits per heavy atom. The molecule has 0 spiro atoms. The molecule has 178 valence electrons. The minimum atomic E-state index is -0.580. The number of nitrogens with zero attached hydrogens (tertiary/aromatic N) is 1. The third-order valence-corrected chi connectivity index (χ3v) is 6.45. The van der Waals surface area contributed by atoms with Gasteiger partial charge in [0, 0.05) is 12.6 Å². The lowest BCUT2D eigenvalue weighted by Crippen LogP contribution is -2.51. The summed E-state index contributed by atoms with van der Waals surface area (Å²) >= 11 is 0. The summed E-state index contributed by atoms with van der Waals surface area (Å²) in [4.78, 5) is 28.1. The minimum Gasteiger partial charge on any atom is -0.483 e. The standard InChI is InChI=1S/C28H38N2O3/c1-20(2)25-15-8-9-16-26(25)33-19-27(31)30(18-23-12-10-11-21(3)17-23)22(4)28(32)29-24-13-6-5-7-14-24/h8-12,15-17,20,22,24H,5-7,13-14,18-19H2,1-4H3,(H,29,32)/t22-/m0/s1. The van der Waals surface area contributed by atoms with Gasteiger partial charge in [-0.3, -0.25) is 9.59 Å². The van der Waals surface area contributed by atoms with Gasteiger partial charge in [-0.05, 0) is 49.8 Å². The average Bonchev–Trinajstić information content (AvgIpc) is 2.81. The highest BCUT2D eigenvalue weighted by Crippen LogP contribution is 2.26. The summed E-state index contributed by atoms with van der Waals surface area (Å²) in [5.74, 6) is 0.724. The van der Waals surface area contributed by atoms with E-state index in [4.69, 9.17) is 4.74 Å². The largest absolute Gasteiger partial charge is 0.483 e. The summed E-state index contributed by atoms with van der Waals surface area (Å²) in [6, 6.07) is 15.5. The van der Waals surface area contributed by atoms with Crippen LogP contribution < -0.4 is 10.1 Å². The van der Waals surface area contributed by atoms with Gasteiger partial charge in [0.05, 0.1) is 0 Å². The van der Waals surface area contributed by atoms with E-state index < -0.39 is 6.04 Å². The number of para-hydroxylation sites is 1. The van der Waals surface area contributed by atoms with Crippen molar-refractivity contribution in [2.45, 2.75) is 84.3 Å². The molecule has 1 N–H and O–H groups in total. The topological polar surface area (TPSA) is 58.6 Å². The number of ether oxygens (including phenoxy) is 1. The monoisotopic (exact) mass is 450 g/mol. The third kappa shape index (κ3) is 7.08. The molecule has 1 fully saturated rings.